The van der Waals surface area contributed by atoms with Crippen LogP contribution in [0, 0.1) is 5.82 Å². The summed E-state index contributed by atoms with van der Waals surface area (Å²) in [5, 5.41) is 8.06. The van der Waals surface area contributed by atoms with Crippen LogP contribution in [-0.4, -0.2) is 47.2 Å². The van der Waals surface area contributed by atoms with Gasteiger partial charge in [-0.25, -0.2) is 4.39 Å². The summed E-state index contributed by atoms with van der Waals surface area (Å²) in [6.45, 7) is 0.670. The quantitative estimate of drug-likeness (QED) is 0.593. The van der Waals surface area contributed by atoms with E-state index in [-0.39, 0.29) is 16.9 Å². The largest absolute Gasteiger partial charge is 0.406 e. The van der Waals surface area contributed by atoms with E-state index in [1.165, 1.54) is 12.1 Å². The van der Waals surface area contributed by atoms with Crippen molar-refractivity contribution in [2.24, 2.45) is 0 Å². The maximum absolute atomic E-state index is 13.0. The van der Waals surface area contributed by atoms with Gasteiger partial charge in [-0.05, 0) is 17.7 Å². The van der Waals surface area contributed by atoms with E-state index in [0.29, 0.717) is 32.1 Å². The van der Waals surface area contributed by atoms with Gasteiger partial charge in [0.1, 0.15) is 12.4 Å². The van der Waals surface area contributed by atoms with Crippen LogP contribution in [0.3, 0.4) is 0 Å². The highest BCUT2D eigenvalue weighted by Crippen LogP contribution is 2.29. The third-order valence-corrected chi connectivity index (χ3v) is 4.65. The zero-order chi connectivity index (χ0) is 17.9. The second kappa shape index (κ2) is 7.61. The summed E-state index contributed by atoms with van der Waals surface area (Å²) in [7, 11) is 0. The highest BCUT2D eigenvalue weighted by Gasteiger charge is 2.32. The van der Waals surface area contributed by atoms with E-state index in [0.717, 1.165) is 21.9 Å². The van der Waals surface area contributed by atoms with Gasteiger partial charge >= 0.3 is 6.18 Å². The lowest BCUT2D eigenvalue weighted by atomic mass is 10.2. The fourth-order valence-electron chi connectivity index (χ4n) is 2.43. The second-order valence-electron chi connectivity index (χ2n) is 5.50. The molecule has 2 aromatic rings. The van der Waals surface area contributed by atoms with Crippen molar-refractivity contribution in [2.45, 2.75) is 23.6 Å². The molecule has 0 saturated carbocycles. The number of hydrogen-bond donors (Lipinski definition) is 0. The van der Waals surface area contributed by atoms with Gasteiger partial charge in [-0.2, -0.15) is 13.2 Å². The Morgan fingerprint density at radius 1 is 1.08 bits per heavy atom. The smallest absolute Gasteiger partial charge is 0.378 e. The molecule has 3 rings (SSSR count). The molecule has 1 aliphatic heterocycles. The molecule has 1 aliphatic rings. The molecule has 1 aromatic heterocycles. The Morgan fingerprint density at radius 3 is 2.40 bits per heavy atom. The first-order chi connectivity index (χ1) is 11.9. The minimum Gasteiger partial charge on any atom is -0.378 e. The molecule has 0 bridgehead atoms. The molecular formula is C15H16F4N4OS. The van der Waals surface area contributed by atoms with E-state index in [1.54, 1.807) is 17.0 Å². The van der Waals surface area contributed by atoms with E-state index in [1.807, 2.05) is 0 Å². The van der Waals surface area contributed by atoms with E-state index < -0.39 is 12.7 Å². The topological polar surface area (TPSA) is 43.2 Å². The number of thioether (sulfide) groups is 1. The van der Waals surface area contributed by atoms with Crippen LogP contribution in [0.15, 0.2) is 29.4 Å². The average Bonchev–Trinajstić information content (AvgIpc) is 2.96. The third kappa shape index (κ3) is 4.85. The van der Waals surface area contributed by atoms with Gasteiger partial charge in [0, 0.05) is 18.8 Å². The van der Waals surface area contributed by atoms with Crippen molar-refractivity contribution in [2.75, 3.05) is 31.2 Å². The molecule has 0 N–H and O–H groups in total. The minimum atomic E-state index is -4.38. The van der Waals surface area contributed by atoms with Gasteiger partial charge in [0.2, 0.25) is 5.95 Å². The van der Waals surface area contributed by atoms with Crippen LogP contribution < -0.4 is 4.90 Å². The molecule has 10 heteroatoms. The molecule has 0 spiro atoms. The lowest BCUT2D eigenvalue weighted by Crippen LogP contribution is -2.38. The van der Waals surface area contributed by atoms with Gasteiger partial charge in [0.05, 0.1) is 13.2 Å². The third-order valence-electron chi connectivity index (χ3n) is 3.61. The fourth-order valence-corrected chi connectivity index (χ4v) is 3.32. The average molecular weight is 376 g/mol. The molecule has 0 radical (unpaired) electrons. The number of alkyl halides is 3. The molecule has 25 heavy (non-hydrogen) atoms. The molecule has 0 atom stereocenters. The molecule has 1 saturated heterocycles. The van der Waals surface area contributed by atoms with Crippen molar-refractivity contribution < 1.29 is 22.3 Å². The maximum atomic E-state index is 13.0. The first kappa shape index (κ1) is 18.0. The molecular weight excluding hydrogens is 360 g/mol. The van der Waals surface area contributed by atoms with Gasteiger partial charge < -0.3 is 9.64 Å². The predicted molar refractivity (Wildman–Crippen MR) is 85.1 cm³/mol. The predicted octanol–water partition coefficient (Wildman–Crippen LogP) is 3.11. The van der Waals surface area contributed by atoms with Crippen molar-refractivity contribution in [3.05, 3.63) is 35.6 Å². The van der Waals surface area contributed by atoms with Crippen LogP contribution in [0.2, 0.25) is 0 Å². The molecule has 2 heterocycles. The van der Waals surface area contributed by atoms with Gasteiger partial charge in [0.25, 0.3) is 0 Å². The zero-order valence-electron chi connectivity index (χ0n) is 13.2. The first-order valence-electron chi connectivity index (χ1n) is 7.62. The standard InChI is InChI=1S/C15H16F4N4OS/c16-12-3-1-11(2-4-12)9-25-14-21-20-13(22-5-7-24-8-6-22)23(14)10-15(17,18)19/h1-4H,5-10H2. The summed E-state index contributed by atoms with van der Waals surface area (Å²) >= 11 is 1.14. The Labute approximate surface area is 146 Å². The molecule has 5 nitrogen and oxygen atoms in total. The number of rotatable bonds is 5. The van der Waals surface area contributed by atoms with Gasteiger partial charge in [-0.15, -0.1) is 10.2 Å². The summed E-state index contributed by atoms with van der Waals surface area (Å²) in [4.78, 5) is 1.74. The summed E-state index contributed by atoms with van der Waals surface area (Å²) in [5.41, 5.74) is 0.792. The molecule has 136 valence electrons. The highest BCUT2D eigenvalue weighted by molar-refractivity contribution is 7.98. The van der Waals surface area contributed by atoms with Crippen LogP contribution in [0.4, 0.5) is 23.5 Å². The Bertz CT molecular complexity index is 699. The summed E-state index contributed by atoms with van der Waals surface area (Å²) in [6, 6.07) is 5.82. The SMILES string of the molecule is Fc1ccc(CSc2nnc(N3CCOCC3)n2CC(F)(F)F)cc1. The summed E-state index contributed by atoms with van der Waals surface area (Å²) in [6.07, 6.45) is -4.38. The van der Waals surface area contributed by atoms with Crippen LogP contribution in [0.5, 0.6) is 0 Å². The van der Waals surface area contributed by atoms with Crippen molar-refractivity contribution in [3.63, 3.8) is 0 Å². The molecule has 0 unspecified atom stereocenters. The lowest BCUT2D eigenvalue weighted by molar-refractivity contribution is -0.141. The highest BCUT2D eigenvalue weighted by atomic mass is 32.2. The zero-order valence-corrected chi connectivity index (χ0v) is 14.0. The van der Waals surface area contributed by atoms with Gasteiger partial charge in [-0.1, -0.05) is 23.9 Å². The normalized spacial score (nSPS) is 15.6. The van der Waals surface area contributed by atoms with Gasteiger partial charge in [0.15, 0.2) is 5.16 Å². The number of aromatic nitrogens is 3. The lowest BCUT2D eigenvalue weighted by Gasteiger charge is -2.28. The first-order valence-corrected chi connectivity index (χ1v) is 8.61. The number of benzene rings is 1. The summed E-state index contributed by atoms with van der Waals surface area (Å²) in [5.74, 6) is 0.213. The molecule has 0 amide bonds. The summed E-state index contributed by atoms with van der Waals surface area (Å²) < 4.78 is 58.2. The second-order valence-corrected chi connectivity index (χ2v) is 6.44. The Hall–Kier alpha value is -1.81. The van der Waals surface area contributed by atoms with Crippen LogP contribution >= 0.6 is 11.8 Å². The number of anilines is 1. The Morgan fingerprint density at radius 2 is 1.76 bits per heavy atom. The molecule has 1 fully saturated rings. The van der Waals surface area contributed by atoms with Crippen molar-refractivity contribution in [1.29, 1.82) is 0 Å². The number of morpholine rings is 1. The van der Waals surface area contributed by atoms with Crippen molar-refractivity contribution in [3.8, 4) is 0 Å². The Kier molecular flexibility index (Phi) is 5.48. The number of ether oxygens (including phenoxy) is 1. The van der Waals surface area contributed by atoms with Crippen LogP contribution in [0.25, 0.3) is 0 Å². The number of halogens is 4. The maximum Gasteiger partial charge on any atom is 0.406 e. The van der Waals surface area contributed by atoms with E-state index in [9.17, 15) is 17.6 Å². The molecule has 1 aromatic carbocycles. The van der Waals surface area contributed by atoms with E-state index in [4.69, 9.17) is 4.74 Å². The van der Waals surface area contributed by atoms with Crippen molar-refractivity contribution in [1.82, 2.24) is 14.8 Å². The monoisotopic (exact) mass is 376 g/mol. The van der Waals surface area contributed by atoms with Crippen molar-refractivity contribution >= 4 is 17.7 Å². The van der Waals surface area contributed by atoms with Crippen LogP contribution in [0.1, 0.15) is 5.56 Å². The fraction of sp³-hybridized carbons (Fsp3) is 0.467. The van der Waals surface area contributed by atoms with Gasteiger partial charge in [-0.3, -0.25) is 4.57 Å². The number of nitrogens with zero attached hydrogens (tertiary/aromatic N) is 4. The minimum absolute atomic E-state index is 0.183. The Balaban J connectivity index is 1.79. The van der Waals surface area contributed by atoms with Crippen LogP contribution in [-0.2, 0) is 17.0 Å². The van der Waals surface area contributed by atoms with E-state index >= 15 is 0 Å². The molecule has 0 aliphatic carbocycles. The number of hydrogen-bond acceptors (Lipinski definition) is 5. The van der Waals surface area contributed by atoms with E-state index in [2.05, 4.69) is 10.2 Å².